The van der Waals surface area contributed by atoms with Crippen molar-refractivity contribution in [1.82, 2.24) is 10.4 Å². The summed E-state index contributed by atoms with van der Waals surface area (Å²) in [6.07, 6.45) is 4.40. The fourth-order valence-electron chi connectivity index (χ4n) is 2.44. The Bertz CT molecular complexity index is 759. The number of carbonyl (C=O) groups is 1. The number of halogens is 1. The number of benzene rings is 1. The summed E-state index contributed by atoms with van der Waals surface area (Å²) in [5, 5.41) is 14.3. The molecule has 0 radical (unpaired) electrons. The zero-order chi connectivity index (χ0) is 15.5. The standard InChI is InChI=1S/C16H14ClN3O2/c17-11-6-7-14(21)12(9-11)16(22)20-19-13-5-1-3-10-4-2-8-18-15(10)13/h2,4,6-9,21H,1,3,5H2,(H,20,22)/b19-13+. The van der Waals surface area contributed by atoms with Crippen LogP contribution in [0.15, 0.2) is 41.6 Å². The quantitative estimate of drug-likeness (QED) is 0.837. The Morgan fingerprint density at radius 3 is 3.05 bits per heavy atom. The van der Waals surface area contributed by atoms with E-state index in [0.717, 1.165) is 36.2 Å². The number of fused-ring (bicyclic) bond motifs is 1. The van der Waals surface area contributed by atoms with E-state index >= 15 is 0 Å². The van der Waals surface area contributed by atoms with Crippen LogP contribution in [0.1, 0.15) is 34.5 Å². The first-order chi connectivity index (χ1) is 10.6. The molecule has 0 fully saturated rings. The number of amides is 1. The van der Waals surface area contributed by atoms with Crippen molar-refractivity contribution in [2.24, 2.45) is 5.10 Å². The first kappa shape index (κ1) is 14.5. The molecule has 2 aromatic rings. The monoisotopic (exact) mass is 315 g/mol. The van der Waals surface area contributed by atoms with Crippen LogP contribution in [0.3, 0.4) is 0 Å². The number of aromatic hydroxyl groups is 1. The van der Waals surface area contributed by atoms with Gasteiger partial charge in [-0.3, -0.25) is 9.78 Å². The Morgan fingerprint density at radius 1 is 1.32 bits per heavy atom. The van der Waals surface area contributed by atoms with E-state index in [1.165, 1.54) is 18.2 Å². The minimum atomic E-state index is -0.504. The SMILES string of the molecule is O=C(N/N=C1\CCCc2cccnc21)c1cc(Cl)ccc1O. The lowest BCUT2D eigenvalue weighted by atomic mass is 9.95. The van der Waals surface area contributed by atoms with Crippen molar-refractivity contribution < 1.29 is 9.90 Å². The van der Waals surface area contributed by atoms with Gasteiger partial charge in [-0.05, 0) is 49.1 Å². The lowest BCUT2D eigenvalue weighted by molar-refractivity contribution is 0.0952. The normalized spacial score (nSPS) is 15.4. The van der Waals surface area contributed by atoms with Gasteiger partial charge in [-0.15, -0.1) is 0 Å². The number of aromatic nitrogens is 1. The zero-order valence-electron chi connectivity index (χ0n) is 11.7. The first-order valence-corrected chi connectivity index (χ1v) is 7.32. The van der Waals surface area contributed by atoms with Crippen LogP contribution in [0.2, 0.25) is 5.02 Å². The van der Waals surface area contributed by atoms with Crippen molar-refractivity contribution in [1.29, 1.82) is 0 Å². The summed E-state index contributed by atoms with van der Waals surface area (Å²) in [5.74, 6) is -0.639. The van der Waals surface area contributed by atoms with Gasteiger partial charge in [0.25, 0.3) is 5.91 Å². The third kappa shape index (κ3) is 2.94. The van der Waals surface area contributed by atoms with Crippen molar-refractivity contribution in [3.8, 4) is 5.75 Å². The fraction of sp³-hybridized carbons (Fsp3) is 0.188. The van der Waals surface area contributed by atoms with Crippen molar-refractivity contribution in [3.63, 3.8) is 0 Å². The topological polar surface area (TPSA) is 74.6 Å². The molecule has 3 rings (SSSR count). The molecule has 6 heteroatoms. The smallest absolute Gasteiger partial charge is 0.275 e. The molecule has 2 N–H and O–H groups in total. The fourth-order valence-corrected chi connectivity index (χ4v) is 2.61. The maximum atomic E-state index is 12.1. The summed E-state index contributed by atoms with van der Waals surface area (Å²) >= 11 is 5.84. The van der Waals surface area contributed by atoms with Crippen molar-refractivity contribution in [3.05, 3.63) is 58.4 Å². The number of aryl methyl sites for hydroxylation is 1. The second-order valence-corrected chi connectivity index (χ2v) is 5.46. The van der Waals surface area contributed by atoms with Crippen LogP contribution in [0.25, 0.3) is 0 Å². The van der Waals surface area contributed by atoms with E-state index < -0.39 is 5.91 Å². The van der Waals surface area contributed by atoms with Gasteiger partial charge in [-0.25, -0.2) is 5.43 Å². The summed E-state index contributed by atoms with van der Waals surface area (Å²) in [7, 11) is 0. The molecule has 1 aromatic heterocycles. The number of phenols is 1. The summed E-state index contributed by atoms with van der Waals surface area (Å²) in [5.41, 5.74) is 5.26. The third-order valence-corrected chi connectivity index (χ3v) is 3.76. The van der Waals surface area contributed by atoms with Crippen LogP contribution in [0, 0.1) is 0 Å². The van der Waals surface area contributed by atoms with E-state index in [4.69, 9.17) is 11.6 Å². The molecule has 0 spiro atoms. The van der Waals surface area contributed by atoms with Crippen LogP contribution in [-0.2, 0) is 6.42 Å². The van der Waals surface area contributed by atoms with Crippen LogP contribution in [0.5, 0.6) is 5.75 Å². The molecule has 1 amide bonds. The number of hydrogen-bond acceptors (Lipinski definition) is 4. The van der Waals surface area contributed by atoms with Gasteiger partial charge in [0.15, 0.2) is 0 Å². The summed E-state index contributed by atoms with van der Waals surface area (Å²) < 4.78 is 0. The maximum Gasteiger partial charge on any atom is 0.275 e. The minimum absolute atomic E-state index is 0.0916. The molecule has 1 aromatic carbocycles. The first-order valence-electron chi connectivity index (χ1n) is 6.95. The average molecular weight is 316 g/mol. The number of hydrazone groups is 1. The van der Waals surface area contributed by atoms with Crippen molar-refractivity contribution in [2.75, 3.05) is 0 Å². The highest BCUT2D eigenvalue weighted by atomic mass is 35.5. The molecule has 5 nitrogen and oxygen atoms in total. The van der Waals surface area contributed by atoms with Gasteiger partial charge in [0.1, 0.15) is 5.75 Å². The number of nitrogens with one attached hydrogen (secondary N) is 1. The van der Waals surface area contributed by atoms with Gasteiger partial charge in [0.2, 0.25) is 0 Å². The largest absolute Gasteiger partial charge is 0.507 e. The van der Waals surface area contributed by atoms with E-state index in [9.17, 15) is 9.90 Å². The molecule has 0 unspecified atom stereocenters. The Balaban J connectivity index is 1.83. The molecular formula is C16H14ClN3O2. The van der Waals surface area contributed by atoms with Gasteiger partial charge < -0.3 is 5.11 Å². The summed E-state index contributed by atoms with van der Waals surface area (Å²) in [6.45, 7) is 0. The van der Waals surface area contributed by atoms with Gasteiger partial charge in [0.05, 0.1) is 17.0 Å². The van der Waals surface area contributed by atoms with Crippen molar-refractivity contribution in [2.45, 2.75) is 19.3 Å². The second-order valence-electron chi connectivity index (χ2n) is 5.03. The molecular weight excluding hydrogens is 302 g/mol. The Hall–Kier alpha value is -2.40. The average Bonchev–Trinajstić information content (AvgIpc) is 2.54. The molecule has 0 aliphatic heterocycles. The Kier molecular flexibility index (Phi) is 4.06. The van der Waals surface area contributed by atoms with Gasteiger partial charge in [-0.1, -0.05) is 17.7 Å². The molecule has 0 atom stereocenters. The minimum Gasteiger partial charge on any atom is -0.507 e. The third-order valence-electron chi connectivity index (χ3n) is 3.52. The summed E-state index contributed by atoms with van der Waals surface area (Å²) in [6, 6.07) is 8.20. The predicted molar refractivity (Wildman–Crippen MR) is 84.3 cm³/mol. The Morgan fingerprint density at radius 2 is 2.18 bits per heavy atom. The molecule has 1 heterocycles. The number of nitrogens with zero attached hydrogens (tertiary/aromatic N) is 2. The molecule has 1 aliphatic carbocycles. The molecule has 0 saturated heterocycles. The highest BCUT2D eigenvalue weighted by molar-refractivity contribution is 6.31. The second kappa shape index (κ2) is 6.15. The lowest BCUT2D eigenvalue weighted by Gasteiger charge is -2.16. The van der Waals surface area contributed by atoms with E-state index in [1.54, 1.807) is 6.20 Å². The van der Waals surface area contributed by atoms with E-state index in [1.807, 2.05) is 12.1 Å². The van der Waals surface area contributed by atoms with Crippen LogP contribution in [-0.4, -0.2) is 21.7 Å². The molecule has 1 aliphatic rings. The van der Waals surface area contributed by atoms with Gasteiger partial charge in [-0.2, -0.15) is 5.10 Å². The van der Waals surface area contributed by atoms with Crippen LogP contribution < -0.4 is 5.43 Å². The van der Waals surface area contributed by atoms with E-state index in [0.29, 0.717) is 5.02 Å². The Labute approximate surface area is 132 Å². The number of phenolic OH excluding ortho intramolecular Hbond substituents is 1. The van der Waals surface area contributed by atoms with E-state index in [2.05, 4.69) is 15.5 Å². The highest BCUT2D eigenvalue weighted by Gasteiger charge is 2.17. The maximum absolute atomic E-state index is 12.1. The van der Waals surface area contributed by atoms with Crippen LogP contribution >= 0.6 is 11.6 Å². The molecule has 112 valence electrons. The number of rotatable bonds is 2. The zero-order valence-corrected chi connectivity index (χ0v) is 12.5. The number of carbonyl (C=O) groups excluding carboxylic acids is 1. The lowest BCUT2D eigenvalue weighted by Crippen LogP contribution is -2.23. The summed E-state index contributed by atoms with van der Waals surface area (Å²) in [4.78, 5) is 16.4. The molecule has 0 saturated carbocycles. The van der Waals surface area contributed by atoms with Crippen molar-refractivity contribution >= 4 is 23.2 Å². The number of pyridine rings is 1. The van der Waals surface area contributed by atoms with Crippen LogP contribution in [0.4, 0.5) is 0 Å². The number of hydrogen-bond donors (Lipinski definition) is 2. The molecule has 0 bridgehead atoms. The van der Waals surface area contributed by atoms with Gasteiger partial charge in [0, 0.05) is 11.2 Å². The predicted octanol–water partition coefficient (Wildman–Crippen LogP) is 2.91. The molecule has 22 heavy (non-hydrogen) atoms. The van der Waals surface area contributed by atoms with E-state index in [-0.39, 0.29) is 11.3 Å². The highest BCUT2D eigenvalue weighted by Crippen LogP contribution is 2.22. The van der Waals surface area contributed by atoms with Gasteiger partial charge >= 0.3 is 0 Å².